The summed E-state index contributed by atoms with van der Waals surface area (Å²) in [6.07, 6.45) is -0.800. The molecule has 0 fully saturated rings. The Morgan fingerprint density at radius 2 is 1.81 bits per heavy atom. The van der Waals surface area contributed by atoms with Crippen molar-refractivity contribution in [3.8, 4) is 5.75 Å². The molecule has 0 aliphatic heterocycles. The van der Waals surface area contributed by atoms with Crippen LogP contribution in [0.1, 0.15) is 33.3 Å². The van der Waals surface area contributed by atoms with Crippen molar-refractivity contribution in [3.05, 3.63) is 63.2 Å². The Morgan fingerprint density at radius 1 is 1.19 bits per heavy atom. The lowest BCUT2D eigenvalue weighted by atomic mass is 9.87. The second-order valence-electron chi connectivity index (χ2n) is 6.94. The fourth-order valence-corrected chi connectivity index (χ4v) is 2.41. The van der Waals surface area contributed by atoms with Gasteiger partial charge in [-0.1, -0.05) is 44.5 Å². The number of benzene rings is 2. The third-order valence-electron chi connectivity index (χ3n) is 3.82. The van der Waals surface area contributed by atoms with Crippen LogP contribution < -0.4 is 10.1 Å². The molecule has 1 amide bonds. The van der Waals surface area contributed by atoms with Crippen molar-refractivity contribution in [2.45, 2.75) is 39.2 Å². The van der Waals surface area contributed by atoms with Crippen LogP contribution in [0.15, 0.2) is 42.5 Å². The summed E-state index contributed by atoms with van der Waals surface area (Å²) in [5.74, 6) is 0.109. The number of nitrogens with one attached hydrogen (secondary N) is 1. The summed E-state index contributed by atoms with van der Waals surface area (Å²) in [6, 6.07) is 11.4. The van der Waals surface area contributed by atoms with E-state index in [1.165, 1.54) is 18.2 Å². The van der Waals surface area contributed by atoms with E-state index in [2.05, 4.69) is 26.1 Å². The number of carbonyl (C=O) groups is 1. The number of anilines is 1. The van der Waals surface area contributed by atoms with Gasteiger partial charge in [-0.25, -0.2) is 0 Å². The summed E-state index contributed by atoms with van der Waals surface area (Å²) in [4.78, 5) is 22.6. The minimum absolute atomic E-state index is 0.0281. The second kappa shape index (κ2) is 7.74. The molecule has 0 bridgehead atoms. The minimum atomic E-state index is -0.800. The van der Waals surface area contributed by atoms with E-state index in [-0.39, 0.29) is 21.8 Å². The number of ether oxygens (including phenoxy) is 1. The maximum absolute atomic E-state index is 12.3. The third-order valence-corrected chi connectivity index (χ3v) is 4.15. The van der Waals surface area contributed by atoms with Gasteiger partial charge in [-0.15, -0.1) is 0 Å². The van der Waals surface area contributed by atoms with E-state index in [4.69, 9.17) is 16.3 Å². The molecule has 1 N–H and O–H groups in total. The number of amides is 1. The molecule has 6 nitrogen and oxygen atoms in total. The van der Waals surface area contributed by atoms with Gasteiger partial charge in [0.2, 0.25) is 0 Å². The van der Waals surface area contributed by atoms with E-state index in [1.54, 1.807) is 6.92 Å². The van der Waals surface area contributed by atoms with E-state index in [1.807, 2.05) is 24.3 Å². The number of carbonyl (C=O) groups excluding carboxylic acids is 1. The topological polar surface area (TPSA) is 81.5 Å². The molecule has 138 valence electrons. The molecule has 0 heterocycles. The maximum atomic E-state index is 12.3. The average Bonchev–Trinajstić information content (AvgIpc) is 2.56. The highest BCUT2D eigenvalue weighted by Crippen LogP contribution is 2.27. The van der Waals surface area contributed by atoms with Crippen LogP contribution in [0, 0.1) is 10.1 Å². The zero-order valence-corrected chi connectivity index (χ0v) is 15.8. The monoisotopic (exact) mass is 376 g/mol. The van der Waals surface area contributed by atoms with Gasteiger partial charge in [0.1, 0.15) is 5.75 Å². The molecule has 0 aliphatic carbocycles. The summed E-state index contributed by atoms with van der Waals surface area (Å²) < 4.78 is 5.64. The number of nitro groups is 1. The summed E-state index contributed by atoms with van der Waals surface area (Å²) in [6.45, 7) is 7.93. The van der Waals surface area contributed by atoms with Crippen molar-refractivity contribution < 1.29 is 14.5 Å². The lowest BCUT2D eigenvalue weighted by Crippen LogP contribution is -2.30. The van der Waals surface area contributed by atoms with Gasteiger partial charge in [0.25, 0.3) is 11.6 Å². The molecule has 0 spiro atoms. The first-order valence-electron chi connectivity index (χ1n) is 8.10. The molecule has 0 saturated carbocycles. The van der Waals surface area contributed by atoms with Crippen molar-refractivity contribution in [2.24, 2.45) is 0 Å². The summed E-state index contributed by atoms with van der Waals surface area (Å²) in [5, 5.41) is 13.6. The van der Waals surface area contributed by atoms with E-state index >= 15 is 0 Å². The number of hydrogen-bond acceptors (Lipinski definition) is 4. The van der Waals surface area contributed by atoms with Gasteiger partial charge < -0.3 is 10.1 Å². The molecule has 0 unspecified atom stereocenters. The van der Waals surface area contributed by atoms with Crippen LogP contribution in [0.2, 0.25) is 5.02 Å². The SMILES string of the molecule is C[C@H](Oc1ccc(C(C)(C)C)cc1)C(=O)Nc1cc([N+](=O)[O-])ccc1Cl. The standard InChI is InChI=1S/C19H21ClN2O4/c1-12(26-15-8-5-13(6-9-15)19(2,3)4)18(23)21-17-11-14(22(24)25)7-10-16(17)20/h5-12H,1-4H3,(H,21,23)/t12-/m0/s1. The lowest BCUT2D eigenvalue weighted by Gasteiger charge is -2.20. The summed E-state index contributed by atoms with van der Waals surface area (Å²) >= 11 is 5.99. The highest BCUT2D eigenvalue weighted by atomic mass is 35.5. The van der Waals surface area contributed by atoms with Crippen molar-refractivity contribution in [1.82, 2.24) is 0 Å². The van der Waals surface area contributed by atoms with E-state index < -0.39 is 16.9 Å². The van der Waals surface area contributed by atoms with E-state index in [0.717, 1.165) is 5.56 Å². The van der Waals surface area contributed by atoms with Crippen LogP contribution in [-0.2, 0) is 10.2 Å². The normalized spacial score (nSPS) is 12.3. The molecular formula is C19H21ClN2O4. The van der Waals surface area contributed by atoms with Crippen molar-refractivity contribution in [1.29, 1.82) is 0 Å². The molecule has 2 aromatic carbocycles. The average molecular weight is 377 g/mol. The first-order valence-corrected chi connectivity index (χ1v) is 8.48. The van der Waals surface area contributed by atoms with Gasteiger partial charge in [0.15, 0.2) is 6.10 Å². The van der Waals surface area contributed by atoms with Crippen LogP contribution in [-0.4, -0.2) is 16.9 Å². The molecule has 0 aromatic heterocycles. The Hall–Kier alpha value is -2.60. The first-order chi connectivity index (χ1) is 12.1. The fourth-order valence-electron chi connectivity index (χ4n) is 2.25. The zero-order valence-electron chi connectivity index (χ0n) is 15.1. The number of rotatable bonds is 5. The van der Waals surface area contributed by atoms with Gasteiger partial charge in [-0.05, 0) is 36.1 Å². The van der Waals surface area contributed by atoms with Crippen LogP contribution in [0.25, 0.3) is 0 Å². The number of non-ortho nitro benzene ring substituents is 1. The largest absolute Gasteiger partial charge is 0.481 e. The van der Waals surface area contributed by atoms with Crippen LogP contribution in [0.4, 0.5) is 11.4 Å². The Morgan fingerprint density at radius 3 is 2.35 bits per heavy atom. The maximum Gasteiger partial charge on any atom is 0.271 e. The third kappa shape index (κ3) is 4.95. The van der Waals surface area contributed by atoms with Crippen LogP contribution in [0.5, 0.6) is 5.75 Å². The number of nitro benzene ring substituents is 1. The van der Waals surface area contributed by atoms with Gasteiger partial charge in [0.05, 0.1) is 15.6 Å². The first kappa shape index (κ1) is 19.7. The highest BCUT2D eigenvalue weighted by molar-refractivity contribution is 6.33. The van der Waals surface area contributed by atoms with Gasteiger partial charge >= 0.3 is 0 Å². The summed E-state index contributed by atoms with van der Waals surface area (Å²) in [5.41, 5.74) is 1.20. The molecule has 26 heavy (non-hydrogen) atoms. The van der Waals surface area contributed by atoms with Crippen molar-refractivity contribution in [2.75, 3.05) is 5.32 Å². The Kier molecular flexibility index (Phi) is 5.87. The van der Waals surface area contributed by atoms with E-state index in [9.17, 15) is 14.9 Å². The predicted octanol–water partition coefficient (Wildman–Crippen LogP) is 4.95. The minimum Gasteiger partial charge on any atom is -0.481 e. The Bertz CT molecular complexity index is 813. The predicted molar refractivity (Wildman–Crippen MR) is 102 cm³/mol. The molecule has 7 heteroatoms. The van der Waals surface area contributed by atoms with Crippen LogP contribution >= 0.6 is 11.6 Å². The molecule has 0 saturated heterocycles. The van der Waals surface area contributed by atoms with E-state index in [0.29, 0.717) is 5.75 Å². The van der Waals surface area contributed by atoms with Gasteiger partial charge in [0, 0.05) is 12.1 Å². The van der Waals surface area contributed by atoms with Crippen molar-refractivity contribution >= 4 is 28.9 Å². The molecule has 2 rings (SSSR count). The van der Waals surface area contributed by atoms with Crippen molar-refractivity contribution in [3.63, 3.8) is 0 Å². The van der Waals surface area contributed by atoms with Crippen LogP contribution in [0.3, 0.4) is 0 Å². The smallest absolute Gasteiger partial charge is 0.271 e. The molecule has 2 aromatic rings. The number of halogens is 1. The van der Waals surface area contributed by atoms with Gasteiger partial charge in [-0.2, -0.15) is 0 Å². The quantitative estimate of drug-likeness (QED) is 0.591. The lowest BCUT2D eigenvalue weighted by molar-refractivity contribution is -0.384. The Balaban J connectivity index is 2.06. The second-order valence-corrected chi connectivity index (χ2v) is 7.35. The highest BCUT2D eigenvalue weighted by Gasteiger charge is 2.19. The Labute approximate surface area is 157 Å². The molecule has 0 radical (unpaired) electrons. The summed E-state index contributed by atoms with van der Waals surface area (Å²) in [7, 11) is 0. The molecule has 1 atom stereocenters. The number of nitrogens with zero attached hydrogens (tertiary/aromatic N) is 1. The molecular weight excluding hydrogens is 356 g/mol. The van der Waals surface area contributed by atoms with Gasteiger partial charge in [-0.3, -0.25) is 14.9 Å². The number of hydrogen-bond donors (Lipinski definition) is 1. The zero-order chi connectivity index (χ0) is 19.5. The fraction of sp³-hybridized carbons (Fsp3) is 0.316. The molecule has 0 aliphatic rings.